The van der Waals surface area contributed by atoms with Crippen molar-refractivity contribution in [1.82, 2.24) is 4.57 Å². The molecule has 3 rings (SSSR count). The molecule has 2 N–H and O–H groups in total. The van der Waals surface area contributed by atoms with Crippen LogP contribution in [0.25, 0.3) is 10.9 Å². The van der Waals surface area contributed by atoms with Gasteiger partial charge in [0.2, 0.25) is 0 Å². The lowest BCUT2D eigenvalue weighted by Crippen LogP contribution is -2.06. The van der Waals surface area contributed by atoms with Crippen molar-refractivity contribution in [2.75, 3.05) is 5.73 Å². The molecule has 1 heterocycles. The van der Waals surface area contributed by atoms with E-state index < -0.39 is 9.84 Å². The Labute approximate surface area is 123 Å². The van der Waals surface area contributed by atoms with Gasteiger partial charge < -0.3 is 10.3 Å². The van der Waals surface area contributed by atoms with Gasteiger partial charge in [-0.25, -0.2) is 8.42 Å². The van der Waals surface area contributed by atoms with E-state index in [0.717, 1.165) is 11.1 Å². The molecule has 0 atom stereocenters. The first-order valence-electron chi connectivity index (χ1n) is 6.58. The Morgan fingerprint density at radius 2 is 1.81 bits per heavy atom. The number of anilines is 1. The predicted molar refractivity (Wildman–Crippen MR) is 84.7 cm³/mol. The monoisotopic (exact) mass is 300 g/mol. The molecule has 0 saturated heterocycles. The molecule has 2 aromatic carbocycles. The summed E-state index contributed by atoms with van der Waals surface area (Å²) in [5.41, 5.74) is 7.91. The minimum Gasteiger partial charge on any atom is -0.399 e. The van der Waals surface area contributed by atoms with Crippen molar-refractivity contribution in [2.24, 2.45) is 7.05 Å². The Morgan fingerprint density at radius 3 is 2.52 bits per heavy atom. The summed E-state index contributed by atoms with van der Waals surface area (Å²) in [6.07, 6.45) is 1.84. The summed E-state index contributed by atoms with van der Waals surface area (Å²) in [5.74, 6) is -0.0265. The molecule has 0 aliphatic heterocycles. The van der Waals surface area contributed by atoms with Crippen LogP contribution in [0.1, 0.15) is 5.56 Å². The highest BCUT2D eigenvalue weighted by Gasteiger charge is 2.20. The lowest BCUT2D eigenvalue weighted by Gasteiger charge is -2.08. The van der Waals surface area contributed by atoms with E-state index in [2.05, 4.69) is 0 Å². The normalized spacial score (nSPS) is 11.9. The Morgan fingerprint density at radius 1 is 1.10 bits per heavy atom. The second kappa shape index (κ2) is 4.93. The van der Waals surface area contributed by atoms with Gasteiger partial charge >= 0.3 is 0 Å². The average Bonchev–Trinajstić information content (AvgIpc) is 2.80. The first-order chi connectivity index (χ1) is 9.97. The van der Waals surface area contributed by atoms with E-state index in [1.54, 1.807) is 12.1 Å². The molecule has 108 valence electrons. The molecule has 1 aromatic heterocycles. The number of rotatable bonds is 3. The second-order valence-corrected chi connectivity index (χ2v) is 7.08. The molecule has 3 aromatic rings. The first-order valence-corrected chi connectivity index (χ1v) is 8.24. The largest absolute Gasteiger partial charge is 0.399 e. The van der Waals surface area contributed by atoms with Gasteiger partial charge in [0.15, 0.2) is 9.84 Å². The van der Waals surface area contributed by atoms with E-state index in [1.807, 2.05) is 54.2 Å². The van der Waals surface area contributed by atoms with E-state index in [9.17, 15) is 8.42 Å². The van der Waals surface area contributed by atoms with Crippen molar-refractivity contribution >= 4 is 26.4 Å². The number of hydrogen-bond donors (Lipinski definition) is 1. The summed E-state index contributed by atoms with van der Waals surface area (Å²) < 4.78 is 27.3. The topological polar surface area (TPSA) is 65.1 Å². The van der Waals surface area contributed by atoms with Crippen LogP contribution in [-0.4, -0.2) is 13.0 Å². The number of aryl methyl sites for hydroxylation is 1. The maximum absolute atomic E-state index is 12.7. The van der Waals surface area contributed by atoms with Crippen molar-refractivity contribution in [3.8, 4) is 0 Å². The molecule has 0 fully saturated rings. The van der Waals surface area contributed by atoms with Crippen LogP contribution in [0.15, 0.2) is 59.6 Å². The van der Waals surface area contributed by atoms with Crippen LogP contribution < -0.4 is 5.73 Å². The zero-order chi connectivity index (χ0) is 15.0. The van der Waals surface area contributed by atoms with E-state index in [4.69, 9.17) is 5.73 Å². The van der Waals surface area contributed by atoms with Gasteiger partial charge in [-0.3, -0.25) is 0 Å². The van der Waals surface area contributed by atoms with Gasteiger partial charge in [0.25, 0.3) is 0 Å². The van der Waals surface area contributed by atoms with Gasteiger partial charge in [0.1, 0.15) is 0 Å². The summed E-state index contributed by atoms with van der Waals surface area (Å²) in [4.78, 5) is 0.293. The van der Waals surface area contributed by atoms with Crippen LogP contribution in [-0.2, 0) is 22.6 Å². The number of sulfone groups is 1. The van der Waals surface area contributed by atoms with Gasteiger partial charge in [-0.15, -0.1) is 0 Å². The SMILES string of the molecule is Cn1ccc2c(S(=O)(=O)Cc3ccccc3)cc(N)cc21. The number of aromatic nitrogens is 1. The van der Waals surface area contributed by atoms with E-state index in [-0.39, 0.29) is 5.75 Å². The molecule has 0 amide bonds. The molecular weight excluding hydrogens is 284 g/mol. The third kappa shape index (κ3) is 2.52. The fourth-order valence-electron chi connectivity index (χ4n) is 2.49. The van der Waals surface area contributed by atoms with Crippen molar-refractivity contribution in [3.05, 3.63) is 60.3 Å². The molecule has 0 unspecified atom stereocenters. The van der Waals surface area contributed by atoms with Gasteiger partial charge in [-0.2, -0.15) is 0 Å². The van der Waals surface area contributed by atoms with Crippen molar-refractivity contribution in [1.29, 1.82) is 0 Å². The van der Waals surface area contributed by atoms with Crippen LogP contribution in [0, 0.1) is 0 Å². The Kier molecular flexibility index (Phi) is 3.22. The summed E-state index contributed by atoms with van der Waals surface area (Å²) in [7, 11) is -1.57. The zero-order valence-electron chi connectivity index (χ0n) is 11.7. The molecule has 5 heteroatoms. The minimum absolute atomic E-state index is 0.0265. The number of fused-ring (bicyclic) bond motifs is 1. The van der Waals surface area contributed by atoms with E-state index >= 15 is 0 Å². The quantitative estimate of drug-likeness (QED) is 0.756. The highest BCUT2D eigenvalue weighted by molar-refractivity contribution is 7.90. The van der Waals surface area contributed by atoms with Crippen molar-refractivity contribution < 1.29 is 8.42 Å². The Bertz CT molecular complexity index is 897. The fraction of sp³-hybridized carbons (Fsp3) is 0.125. The van der Waals surface area contributed by atoms with Crippen LogP contribution in [0.2, 0.25) is 0 Å². The van der Waals surface area contributed by atoms with E-state index in [1.165, 1.54) is 0 Å². The molecule has 0 bridgehead atoms. The molecule has 0 spiro atoms. The summed E-state index contributed by atoms with van der Waals surface area (Å²) >= 11 is 0. The van der Waals surface area contributed by atoms with Gasteiger partial charge in [0, 0.05) is 24.3 Å². The molecule has 0 aliphatic carbocycles. The van der Waals surface area contributed by atoms with Crippen LogP contribution in [0.3, 0.4) is 0 Å². The molecular formula is C16H16N2O2S. The lowest BCUT2D eigenvalue weighted by molar-refractivity contribution is 0.596. The summed E-state index contributed by atoms with van der Waals surface area (Å²) in [6.45, 7) is 0. The molecule has 0 aliphatic rings. The lowest BCUT2D eigenvalue weighted by atomic mass is 10.2. The smallest absolute Gasteiger partial charge is 0.183 e. The Balaban J connectivity index is 2.15. The number of nitrogen functional groups attached to an aromatic ring is 1. The highest BCUT2D eigenvalue weighted by atomic mass is 32.2. The maximum atomic E-state index is 12.7. The number of nitrogens with zero attached hydrogens (tertiary/aromatic N) is 1. The predicted octanol–water partition coefficient (Wildman–Crippen LogP) is 2.73. The molecule has 0 radical (unpaired) electrons. The number of benzene rings is 2. The number of nitrogens with two attached hydrogens (primary N) is 1. The van der Waals surface area contributed by atoms with Gasteiger partial charge in [0.05, 0.1) is 16.2 Å². The van der Waals surface area contributed by atoms with Gasteiger partial charge in [-0.05, 0) is 23.8 Å². The first kappa shape index (κ1) is 13.7. The third-order valence-corrected chi connectivity index (χ3v) is 5.24. The van der Waals surface area contributed by atoms with Crippen LogP contribution in [0.5, 0.6) is 0 Å². The maximum Gasteiger partial charge on any atom is 0.183 e. The van der Waals surface area contributed by atoms with Crippen LogP contribution in [0.4, 0.5) is 5.69 Å². The van der Waals surface area contributed by atoms with Crippen LogP contribution >= 0.6 is 0 Å². The minimum atomic E-state index is -3.44. The average molecular weight is 300 g/mol. The highest BCUT2D eigenvalue weighted by Crippen LogP contribution is 2.29. The summed E-state index contributed by atoms with van der Waals surface area (Å²) in [5, 5.41) is 0.711. The van der Waals surface area contributed by atoms with Crippen molar-refractivity contribution in [2.45, 2.75) is 10.6 Å². The molecule has 0 saturated carbocycles. The van der Waals surface area contributed by atoms with Gasteiger partial charge in [-0.1, -0.05) is 30.3 Å². The number of hydrogen-bond acceptors (Lipinski definition) is 3. The standard InChI is InChI=1S/C16H16N2O2S/c1-18-8-7-14-15(18)9-13(17)10-16(14)21(19,20)11-12-5-3-2-4-6-12/h2-10H,11,17H2,1H3. The van der Waals surface area contributed by atoms with Crippen molar-refractivity contribution in [3.63, 3.8) is 0 Å². The van der Waals surface area contributed by atoms with E-state index in [0.29, 0.717) is 16.0 Å². The summed E-state index contributed by atoms with van der Waals surface area (Å²) in [6, 6.07) is 14.3. The Hall–Kier alpha value is -2.27. The second-order valence-electron chi connectivity index (χ2n) is 5.12. The fourth-order valence-corrected chi connectivity index (χ4v) is 4.10. The third-order valence-electron chi connectivity index (χ3n) is 3.52. The molecule has 21 heavy (non-hydrogen) atoms. The molecule has 4 nitrogen and oxygen atoms in total. The zero-order valence-corrected chi connectivity index (χ0v) is 12.5.